The first-order valence-corrected chi connectivity index (χ1v) is 5.78. The van der Waals surface area contributed by atoms with Gasteiger partial charge in [0.05, 0.1) is 0 Å². The van der Waals surface area contributed by atoms with Crippen LogP contribution in [0.3, 0.4) is 0 Å². The Hall–Kier alpha value is -1.57. The van der Waals surface area contributed by atoms with Crippen LogP contribution in [-0.2, 0) is 4.79 Å². The third-order valence-corrected chi connectivity index (χ3v) is 2.96. The molecule has 0 radical (unpaired) electrons. The molecule has 0 unspecified atom stereocenters. The first-order valence-electron chi connectivity index (χ1n) is 5.78. The molecule has 0 heterocycles. The number of carbonyl (C=O) groups excluding carboxylic acids is 1. The summed E-state index contributed by atoms with van der Waals surface area (Å²) in [4.78, 5) is 11.9. The van der Waals surface area contributed by atoms with Crippen molar-refractivity contribution in [2.75, 3.05) is 5.32 Å². The van der Waals surface area contributed by atoms with E-state index in [4.69, 9.17) is 0 Å². The number of hydrogen-bond acceptors (Lipinski definition) is 1. The number of carbonyl (C=O) groups is 1. The van der Waals surface area contributed by atoms with E-state index in [9.17, 15) is 4.79 Å². The third-order valence-electron chi connectivity index (χ3n) is 2.96. The number of hydrogen-bond donors (Lipinski definition) is 1. The van der Waals surface area contributed by atoms with Crippen LogP contribution in [0.25, 0.3) is 0 Å². The molecular formula is C14H17NO. The lowest BCUT2D eigenvalue weighted by atomic mass is 9.93. The number of amides is 1. The molecule has 0 aromatic heterocycles. The van der Waals surface area contributed by atoms with Crippen molar-refractivity contribution in [3.8, 4) is 0 Å². The van der Waals surface area contributed by atoms with Gasteiger partial charge in [0, 0.05) is 11.6 Å². The van der Waals surface area contributed by atoms with Gasteiger partial charge in [-0.05, 0) is 38.3 Å². The second-order valence-corrected chi connectivity index (χ2v) is 4.34. The summed E-state index contributed by atoms with van der Waals surface area (Å²) in [5, 5.41) is 2.97. The SMILES string of the molecule is Cc1ccc(NC(=O)[C@H]2CC=CCC2)cc1. The van der Waals surface area contributed by atoms with Crippen molar-refractivity contribution in [3.05, 3.63) is 42.0 Å². The van der Waals surface area contributed by atoms with Crippen LogP contribution in [0, 0.1) is 12.8 Å². The minimum atomic E-state index is 0.145. The van der Waals surface area contributed by atoms with Gasteiger partial charge in [0.25, 0.3) is 0 Å². The van der Waals surface area contributed by atoms with Crippen molar-refractivity contribution in [1.82, 2.24) is 0 Å². The Morgan fingerprint density at radius 3 is 2.62 bits per heavy atom. The fourth-order valence-corrected chi connectivity index (χ4v) is 1.91. The summed E-state index contributed by atoms with van der Waals surface area (Å²) in [7, 11) is 0. The standard InChI is InChI=1S/C14H17NO/c1-11-7-9-13(10-8-11)15-14(16)12-5-3-2-4-6-12/h2-3,7-10,12H,4-6H2,1H3,(H,15,16)/t12-/m0/s1. The second-order valence-electron chi connectivity index (χ2n) is 4.34. The van der Waals surface area contributed by atoms with E-state index in [0.29, 0.717) is 0 Å². The molecule has 1 amide bonds. The fraction of sp³-hybridized carbons (Fsp3) is 0.357. The van der Waals surface area contributed by atoms with Crippen LogP contribution in [-0.4, -0.2) is 5.91 Å². The second kappa shape index (κ2) is 4.97. The number of nitrogens with one attached hydrogen (secondary N) is 1. The van der Waals surface area contributed by atoms with E-state index in [1.165, 1.54) is 5.56 Å². The van der Waals surface area contributed by atoms with Gasteiger partial charge in [0.15, 0.2) is 0 Å². The minimum absolute atomic E-state index is 0.145. The van der Waals surface area contributed by atoms with E-state index in [0.717, 1.165) is 24.9 Å². The van der Waals surface area contributed by atoms with E-state index in [2.05, 4.69) is 17.5 Å². The van der Waals surface area contributed by atoms with E-state index in [1.807, 2.05) is 31.2 Å². The maximum absolute atomic E-state index is 11.9. The van der Waals surface area contributed by atoms with Crippen molar-refractivity contribution in [2.45, 2.75) is 26.2 Å². The number of allylic oxidation sites excluding steroid dienone is 2. The Labute approximate surface area is 96.4 Å². The molecule has 2 rings (SSSR count). The van der Waals surface area contributed by atoms with Gasteiger partial charge in [-0.1, -0.05) is 29.8 Å². The first kappa shape index (κ1) is 10.9. The van der Waals surface area contributed by atoms with Gasteiger partial charge in [-0.25, -0.2) is 0 Å². The molecule has 16 heavy (non-hydrogen) atoms. The highest BCUT2D eigenvalue weighted by molar-refractivity contribution is 5.92. The fourth-order valence-electron chi connectivity index (χ4n) is 1.91. The molecule has 1 aromatic carbocycles. The monoisotopic (exact) mass is 215 g/mol. The zero-order chi connectivity index (χ0) is 11.4. The van der Waals surface area contributed by atoms with Gasteiger partial charge >= 0.3 is 0 Å². The van der Waals surface area contributed by atoms with Crippen molar-refractivity contribution in [1.29, 1.82) is 0 Å². The largest absolute Gasteiger partial charge is 0.326 e. The maximum atomic E-state index is 11.9. The van der Waals surface area contributed by atoms with Crippen LogP contribution in [0.1, 0.15) is 24.8 Å². The Balaban J connectivity index is 1.96. The van der Waals surface area contributed by atoms with Gasteiger partial charge in [-0.3, -0.25) is 4.79 Å². The number of aryl methyl sites for hydroxylation is 1. The average Bonchev–Trinajstić information content (AvgIpc) is 2.33. The van der Waals surface area contributed by atoms with Crippen molar-refractivity contribution in [2.24, 2.45) is 5.92 Å². The van der Waals surface area contributed by atoms with Crippen molar-refractivity contribution < 1.29 is 4.79 Å². The summed E-state index contributed by atoms with van der Waals surface area (Å²) in [5.41, 5.74) is 2.10. The zero-order valence-corrected chi connectivity index (χ0v) is 9.57. The summed E-state index contributed by atoms with van der Waals surface area (Å²) in [6.45, 7) is 2.04. The lowest BCUT2D eigenvalue weighted by Crippen LogP contribution is -2.23. The lowest BCUT2D eigenvalue weighted by molar-refractivity contribution is -0.120. The molecule has 0 bridgehead atoms. The van der Waals surface area contributed by atoms with Gasteiger partial charge in [0.2, 0.25) is 5.91 Å². The quantitative estimate of drug-likeness (QED) is 0.753. The average molecular weight is 215 g/mol. The molecule has 1 aromatic rings. The predicted molar refractivity (Wildman–Crippen MR) is 66.3 cm³/mol. The number of benzene rings is 1. The van der Waals surface area contributed by atoms with Crippen molar-refractivity contribution in [3.63, 3.8) is 0 Å². The predicted octanol–water partition coefficient (Wildman–Crippen LogP) is 3.29. The minimum Gasteiger partial charge on any atom is -0.326 e. The van der Waals surface area contributed by atoms with Crippen LogP contribution in [0.5, 0.6) is 0 Å². The molecule has 0 spiro atoms. The van der Waals surface area contributed by atoms with E-state index in [1.54, 1.807) is 0 Å². The number of rotatable bonds is 2. The Morgan fingerprint density at radius 1 is 1.25 bits per heavy atom. The Kier molecular flexibility index (Phi) is 3.40. The molecule has 0 saturated heterocycles. The van der Waals surface area contributed by atoms with E-state index >= 15 is 0 Å². The van der Waals surface area contributed by atoms with Gasteiger partial charge in [-0.2, -0.15) is 0 Å². The van der Waals surface area contributed by atoms with Crippen LogP contribution >= 0.6 is 0 Å². The molecule has 1 aliphatic carbocycles. The molecule has 2 heteroatoms. The maximum Gasteiger partial charge on any atom is 0.227 e. The third kappa shape index (κ3) is 2.72. The molecule has 0 fully saturated rings. The summed E-state index contributed by atoms with van der Waals surface area (Å²) in [6.07, 6.45) is 7.11. The van der Waals surface area contributed by atoms with Gasteiger partial charge < -0.3 is 5.32 Å². The Morgan fingerprint density at radius 2 is 2.00 bits per heavy atom. The van der Waals surface area contributed by atoms with Gasteiger partial charge in [-0.15, -0.1) is 0 Å². The normalized spacial score (nSPS) is 19.4. The summed E-state index contributed by atoms with van der Waals surface area (Å²) < 4.78 is 0. The molecule has 1 N–H and O–H groups in total. The van der Waals surface area contributed by atoms with E-state index < -0.39 is 0 Å². The topological polar surface area (TPSA) is 29.1 Å². The highest BCUT2D eigenvalue weighted by Crippen LogP contribution is 2.20. The highest BCUT2D eigenvalue weighted by atomic mass is 16.1. The summed E-state index contributed by atoms with van der Waals surface area (Å²) >= 11 is 0. The smallest absolute Gasteiger partial charge is 0.227 e. The van der Waals surface area contributed by atoms with E-state index in [-0.39, 0.29) is 11.8 Å². The lowest BCUT2D eigenvalue weighted by Gasteiger charge is -2.17. The molecular weight excluding hydrogens is 198 g/mol. The van der Waals surface area contributed by atoms with Gasteiger partial charge in [0.1, 0.15) is 0 Å². The summed E-state index contributed by atoms with van der Waals surface area (Å²) in [5.74, 6) is 0.291. The molecule has 84 valence electrons. The first-order chi connectivity index (χ1) is 7.75. The van der Waals surface area contributed by atoms with Crippen molar-refractivity contribution >= 4 is 11.6 Å². The van der Waals surface area contributed by atoms with Crippen LogP contribution in [0.2, 0.25) is 0 Å². The van der Waals surface area contributed by atoms with Crippen LogP contribution in [0.4, 0.5) is 5.69 Å². The molecule has 0 aliphatic heterocycles. The zero-order valence-electron chi connectivity index (χ0n) is 9.57. The molecule has 0 saturated carbocycles. The molecule has 1 atom stereocenters. The summed E-state index contributed by atoms with van der Waals surface area (Å²) in [6, 6.07) is 7.92. The number of anilines is 1. The van der Waals surface area contributed by atoms with Crippen LogP contribution in [0.15, 0.2) is 36.4 Å². The molecule has 1 aliphatic rings. The Bertz CT molecular complexity index is 392. The molecule has 2 nitrogen and oxygen atoms in total. The van der Waals surface area contributed by atoms with Crippen LogP contribution < -0.4 is 5.32 Å². The highest BCUT2D eigenvalue weighted by Gasteiger charge is 2.18.